The van der Waals surface area contributed by atoms with Gasteiger partial charge >= 0.3 is 10.1 Å². The molecule has 5 heteroatoms. The fourth-order valence-electron chi connectivity index (χ4n) is 1.62. The molecule has 0 aliphatic carbocycles. The Kier molecular flexibility index (Phi) is 3.48. The molecule has 2 aromatic rings. The number of nitrogens with two attached hydrogens (primary N) is 1. The first-order chi connectivity index (χ1) is 8.88. The first-order valence-corrected chi connectivity index (χ1v) is 7.16. The second-order valence-electron chi connectivity index (χ2n) is 4.39. The van der Waals surface area contributed by atoms with E-state index < -0.39 is 10.1 Å². The zero-order valence-corrected chi connectivity index (χ0v) is 11.6. The standard InChI is InChI=1S/C14H15NO3S/c1-10-3-6-12(7-4-10)19(16,17)18-14-8-5-11(2)9-13(14)15/h3-9H,15H2,1-2H3. The van der Waals surface area contributed by atoms with Crippen LogP contribution in [0.15, 0.2) is 47.4 Å². The summed E-state index contributed by atoms with van der Waals surface area (Å²) in [6.45, 7) is 3.75. The van der Waals surface area contributed by atoms with Gasteiger partial charge in [-0.1, -0.05) is 23.8 Å². The van der Waals surface area contributed by atoms with Gasteiger partial charge < -0.3 is 9.92 Å². The van der Waals surface area contributed by atoms with Crippen LogP contribution in [0.5, 0.6) is 5.75 Å². The molecule has 0 bridgehead atoms. The van der Waals surface area contributed by atoms with E-state index in [4.69, 9.17) is 9.92 Å². The van der Waals surface area contributed by atoms with E-state index in [2.05, 4.69) is 0 Å². The first-order valence-electron chi connectivity index (χ1n) is 5.76. The van der Waals surface area contributed by atoms with Gasteiger partial charge in [-0.2, -0.15) is 8.42 Å². The second kappa shape index (κ2) is 4.93. The van der Waals surface area contributed by atoms with Crippen molar-refractivity contribution in [1.29, 1.82) is 0 Å². The first kappa shape index (κ1) is 13.4. The van der Waals surface area contributed by atoms with Crippen LogP contribution in [-0.2, 0) is 10.1 Å². The Balaban J connectivity index is 2.33. The molecule has 4 nitrogen and oxygen atoms in total. The summed E-state index contributed by atoms with van der Waals surface area (Å²) in [5, 5.41) is 0. The summed E-state index contributed by atoms with van der Waals surface area (Å²) < 4.78 is 29.2. The van der Waals surface area contributed by atoms with Gasteiger partial charge in [0.1, 0.15) is 4.90 Å². The summed E-state index contributed by atoms with van der Waals surface area (Å²) in [4.78, 5) is 0.109. The van der Waals surface area contributed by atoms with Gasteiger partial charge in [-0.05, 0) is 43.7 Å². The monoisotopic (exact) mass is 277 g/mol. The van der Waals surface area contributed by atoms with Gasteiger partial charge in [0.2, 0.25) is 0 Å². The lowest BCUT2D eigenvalue weighted by molar-refractivity contribution is 0.487. The molecule has 0 spiro atoms. The summed E-state index contributed by atoms with van der Waals surface area (Å²) in [6, 6.07) is 11.4. The molecule has 0 aliphatic rings. The molecule has 0 saturated heterocycles. The highest BCUT2D eigenvalue weighted by Crippen LogP contribution is 2.26. The van der Waals surface area contributed by atoms with Crippen molar-refractivity contribution in [3.05, 3.63) is 53.6 Å². The average Bonchev–Trinajstić information content (AvgIpc) is 2.33. The van der Waals surface area contributed by atoms with Crippen molar-refractivity contribution in [3.8, 4) is 5.75 Å². The van der Waals surface area contributed by atoms with Gasteiger partial charge in [-0.25, -0.2) is 0 Å². The quantitative estimate of drug-likeness (QED) is 0.691. The Morgan fingerprint density at radius 1 is 0.947 bits per heavy atom. The average molecular weight is 277 g/mol. The maximum Gasteiger partial charge on any atom is 0.339 e. The van der Waals surface area contributed by atoms with E-state index in [9.17, 15) is 8.42 Å². The lowest BCUT2D eigenvalue weighted by Gasteiger charge is -2.09. The maximum atomic E-state index is 12.1. The zero-order chi connectivity index (χ0) is 14.0. The Morgan fingerprint density at radius 3 is 2.11 bits per heavy atom. The van der Waals surface area contributed by atoms with Crippen molar-refractivity contribution in [2.75, 3.05) is 5.73 Å². The zero-order valence-electron chi connectivity index (χ0n) is 10.8. The second-order valence-corrected chi connectivity index (χ2v) is 5.94. The van der Waals surface area contributed by atoms with Crippen LogP contribution in [0.3, 0.4) is 0 Å². The Bertz CT molecular complexity index is 691. The van der Waals surface area contributed by atoms with E-state index in [-0.39, 0.29) is 10.6 Å². The molecular weight excluding hydrogens is 262 g/mol. The lowest BCUT2D eigenvalue weighted by Crippen LogP contribution is -2.10. The number of nitrogen functional groups attached to an aromatic ring is 1. The smallest absolute Gasteiger partial charge is 0.339 e. The van der Waals surface area contributed by atoms with E-state index in [0.717, 1.165) is 11.1 Å². The van der Waals surface area contributed by atoms with Gasteiger partial charge in [0.25, 0.3) is 0 Å². The van der Waals surface area contributed by atoms with Crippen LogP contribution in [0.4, 0.5) is 5.69 Å². The van der Waals surface area contributed by atoms with Crippen LogP contribution in [0, 0.1) is 13.8 Å². The maximum absolute atomic E-state index is 12.1. The minimum atomic E-state index is -3.85. The van der Waals surface area contributed by atoms with Crippen molar-refractivity contribution in [1.82, 2.24) is 0 Å². The topological polar surface area (TPSA) is 69.4 Å². The highest BCUT2D eigenvalue weighted by molar-refractivity contribution is 7.87. The minimum absolute atomic E-state index is 0.109. The number of benzene rings is 2. The Morgan fingerprint density at radius 2 is 1.53 bits per heavy atom. The van der Waals surface area contributed by atoms with Gasteiger partial charge in [0.15, 0.2) is 5.75 Å². The van der Waals surface area contributed by atoms with E-state index in [1.165, 1.54) is 12.1 Å². The third-order valence-electron chi connectivity index (χ3n) is 2.67. The molecular formula is C14H15NO3S. The predicted molar refractivity (Wildman–Crippen MR) is 74.6 cm³/mol. The number of hydrogen-bond donors (Lipinski definition) is 1. The molecule has 0 aliphatic heterocycles. The van der Waals surface area contributed by atoms with Crippen molar-refractivity contribution in [2.24, 2.45) is 0 Å². The van der Waals surface area contributed by atoms with Crippen LogP contribution in [0.1, 0.15) is 11.1 Å². The van der Waals surface area contributed by atoms with Gasteiger partial charge in [-0.3, -0.25) is 0 Å². The van der Waals surface area contributed by atoms with E-state index in [1.54, 1.807) is 30.3 Å². The molecule has 0 radical (unpaired) electrons. The van der Waals surface area contributed by atoms with Crippen LogP contribution >= 0.6 is 0 Å². The number of aryl methyl sites for hydroxylation is 2. The van der Waals surface area contributed by atoms with E-state index in [1.807, 2.05) is 13.8 Å². The number of hydrogen-bond acceptors (Lipinski definition) is 4. The fraction of sp³-hybridized carbons (Fsp3) is 0.143. The van der Waals surface area contributed by atoms with Crippen LogP contribution in [0.25, 0.3) is 0 Å². The van der Waals surface area contributed by atoms with Crippen LogP contribution < -0.4 is 9.92 Å². The van der Waals surface area contributed by atoms with Crippen molar-refractivity contribution >= 4 is 15.8 Å². The summed E-state index contributed by atoms with van der Waals surface area (Å²) in [7, 11) is -3.85. The SMILES string of the molecule is Cc1ccc(S(=O)(=O)Oc2ccc(C)cc2N)cc1. The predicted octanol–water partition coefficient (Wildman–Crippen LogP) is 2.65. The van der Waals surface area contributed by atoms with Crippen LogP contribution in [-0.4, -0.2) is 8.42 Å². The largest absolute Gasteiger partial charge is 0.396 e. The molecule has 2 rings (SSSR count). The van der Waals surface area contributed by atoms with Crippen molar-refractivity contribution in [3.63, 3.8) is 0 Å². The number of anilines is 1. The highest BCUT2D eigenvalue weighted by atomic mass is 32.2. The molecule has 2 aromatic carbocycles. The summed E-state index contributed by atoms with van der Waals surface area (Å²) in [5.74, 6) is 0.145. The van der Waals surface area contributed by atoms with Gasteiger partial charge in [0, 0.05) is 0 Å². The third kappa shape index (κ3) is 3.06. The summed E-state index contributed by atoms with van der Waals surface area (Å²) in [6.07, 6.45) is 0. The Labute approximate surface area is 113 Å². The normalized spacial score (nSPS) is 11.3. The molecule has 100 valence electrons. The molecule has 0 unspecified atom stereocenters. The number of rotatable bonds is 3. The van der Waals surface area contributed by atoms with E-state index >= 15 is 0 Å². The molecule has 0 aromatic heterocycles. The molecule has 2 N–H and O–H groups in total. The van der Waals surface area contributed by atoms with E-state index in [0.29, 0.717) is 5.69 Å². The molecule has 0 fully saturated rings. The molecule has 0 amide bonds. The third-order valence-corrected chi connectivity index (χ3v) is 3.92. The summed E-state index contributed by atoms with van der Waals surface area (Å²) >= 11 is 0. The molecule has 0 atom stereocenters. The minimum Gasteiger partial charge on any atom is -0.396 e. The fourth-order valence-corrected chi connectivity index (χ4v) is 2.57. The lowest BCUT2D eigenvalue weighted by atomic mass is 10.2. The van der Waals surface area contributed by atoms with Gasteiger partial charge in [-0.15, -0.1) is 0 Å². The van der Waals surface area contributed by atoms with Crippen LogP contribution in [0.2, 0.25) is 0 Å². The van der Waals surface area contributed by atoms with Gasteiger partial charge in [0.05, 0.1) is 5.69 Å². The van der Waals surface area contributed by atoms with Crippen molar-refractivity contribution < 1.29 is 12.6 Å². The highest BCUT2D eigenvalue weighted by Gasteiger charge is 2.17. The van der Waals surface area contributed by atoms with Crippen molar-refractivity contribution in [2.45, 2.75) is 18.7 Å². The summed E-state index contributed by atoms with van der Waals surface area (Å²) in [5.41, 5.74) is 7.97. The molecule has 0 heterocycles. The Hall–Kier alpha value is -2.01. The molecule has 0 saturated carbocycles. The molecule has 19 heavy (non-hydrogen) atoms.